The Bertz CT molecular complexity index is 1020. The summed E-state index contributed by atoms with van der Waals surface area (Å²) in [4.78, 5) is 27.8. The van der Waals surface area contributed by atoms with Gasteiger partial charge in [-0.1, -0.05) is 11.6 Å². The molecule has 3 aliphatic heterocycles. The molecular weight excluding hydrogens is 394 g/mol. The number of benzene rings is 2. The molecule has 0 atom stereocenters. The van der Waals surface area contributed by atoms with Crippen LogP contribution in [0.25, 0.3) is 0 Å². The van der Waals surface area contributed by atoms with Crippen LogP contribution in [-0.4, -0.2) is 54.9 Å². The summed E-state index contributed by atoms with van der Waals surface area (Å²) in [6.07, 6.45) is 2.72. The van der Waals surface area contributed by atoms with E-state index < -0.39 is 5.60 Å². The normalized spacial score (nSPS) is 20.0. The van der Waals surface area contributed by atoms with E-state index in [0.29, 0.717) is 54.6 Å². The van der Waals surface area contributed by atoms with Gasteiger partial charge < -0.3 is 14.2 Å². The minimum Gasteiger partial charge on any atom is -0.490 e. The van der Waals surface area contributed by atoms with Crippen molar-refractivity contribution in [2.24, 2.45) is 0 Å². The average molecular weight is 421 g/mol. The zero-order chi connectivity index (χ0) is 21.4. The number of likely N-dealkylation sites (tertiary alicyclic amines) is 1. The Morgan fingerprint density at radius 2 is 1.74 bits per heavy atom. The third kappa shape index (κ3) is 4.04. The number of carbonyl (C=O) groups is 2. The molecule has 0 unspecified atom stereocenters. The van der Waals surface area contributed by atoms with Crippen LogP contribution in [0.5, 0.6) is 17.2 Å². The maximum absolute atomic E-state index is 12.9. The molecule has 6 nitrogen and oxygen atoms in total. The second kappa shape index (κ2) is 8.00. The number of ketones is 2. The molecular formula is C25H27NO5. The third-order valence-electron chi connectivity index (χ3n) is 6.45. The molecule has 2 aromatic carbocycles. The number of aryl methyl sites for hydroxylation is 1. The number of fused-ring (bicyclic) bond motifs is 2. The van der Waals surface area contributed by atoms with Crippen LogP contribution in [-0.2, 0) is 0 Å². The van der Waals surface area contributed by atoms with Crippen molar-refractivity contribution in [3.05, 3.63) is 53.1 Å². The molecule has 0 N–H and O–H groups in total. The van der Waals surface area contributed by atoms with Crippen molar-refractivity contribution in [3.63, 3.8) is 0 Å². The number of piperidine rings is 1. The minimum atomic E-state index is -0.450. The summed E-state index contributed by atoms with van der Waals surface area (Å²) in [7, 11) is 0. The Morgan fingerprint density at radius 1 is 1.00 bits per heavy atom. The lowest BCUT2D eigenvalue weighted by molar-refractivity contribution is -0.00803. The van der Waals surface area contributed by atoms with Crippen molar-refractivity contribution >= 4 is 11.6 Å². The zero-order valence-corrected chi connectivity index (χ0v) is 17.8. The van der Waals surface area contributed by atoms with Crippen molar-refractivity contribution in [3.8, 4) is 17.2 Å². The first-order valence-electron chi connectivity index (χ1n) is 11.0. The molecule has 0 aliphatic carbocycles. The maximum Gasteiger partial charge on any atom is 0.176 e. The zero-order valence-electron chi connectivity index (χ0n) is 17.8. The highest BCUT2D eigenvalue weighted by atomic mass is 16.5. The standard InChI is InChI=1S/C25H27NO5/c1-17-3-5-22-19(13-17)20(27)15-25(31-22)7-9-26(10-8-25)16-21(28)18-4-6-23-24(14-18)30-12-2-11-29-23/h3-6,13-14H,2,7-12,15-16H2,1H3. The number of Topliss-reactive ketones (excluding diaryl/α,β-unsaturated/α-hetero) is 2. The van der Waals surface area contributed by atoms with Crippen molar-refractivity contribution in [2.45, 2.75) is 38.2 Å². The highest BCUT2D eigenvalue weighted by Gasteiger charge is 2.43. The van der Waals surface area contributed by atoms with Crippen molar-refractivity contribution in [1.82, 2.24) is 4.90 Å². The van der Waals surface area contributed by atoms with Crippen LogP contribution in [0, 0.1) is 6.92 Å². The molecule has 3 heterocycles. The van der Waals surface area contributed by atoms with E-state index in [-0.39, 0.29) is 11.6 Å². The molecule has 0 saturated carbocycles. The van der Waals surface area contributed by atoms with Crippen molar-refractivity contribution in [2.75, 3.05) is 32.8 Å². The van der Waals surface area contributed by atoms with Gasteiger partial charge in [-0.25, -0.2) is 0 Å². The van der Waals surface area contributed by atoms with Crippen LogP contribution in [0.3, 0.4) is 0 Å². The van der Waals surface area contributed by atoms with Crippen LogP contribution in [0.15, 0.2) is 36.4 Å². The minimum absolute atomic E-state index is 0.0630. The second-order valence-corrected chi connectivity index (χ2v) is 8.80. The van der Waals surface area contributed by atoms with Gasteiger partial charge >= 0.3 is 0 Å². The average Bonchev–Trinajstić information content (AvgIpc) is 3.01. The fourth-order valence-corrected chi connectivity index (χ4v) is 4.64. The van der Waals surface area contributed by atoms with E-state index in [0.717, 1.165) is 37.9 Å². The van der Waals surface area contributed by atoms with Crippen LogP contribution in [0.4, 0.5) is 0 Å². The predicted octanol–water partition coefficient (Wildman–Crippen LogP) is 3.84. The van der Waals surface area contributed by atoms with E-state index in [2.05, 4.69) is 4.90 Å². The molecule has 2 aromatic rings. The first-order chi connectivity index (χ1) is 15.0. The molecule has 3 aliphatic rings. The Balaban J connectivity index is 1.22. The highest BCUT2D eigenvalue weighted by Crippen LogP contribution is 2.39. The molecule has 1 spiro atoms. The van der Waals surface area contributed by atoms with Crippen LogP contribution < -0.4 is 14.2 Å². The predicted molar refractivity (Wildman–Crippen MR) is 116 cm³/mol. The summed E-state index contributed by atoms with van der Waals surface area (Å²) in [6, 6.07) is 11.2. The van der Waals surface area contributed by atoms with Gasteiger partial charge in [0.15, 0.2) is 23.1 Å². The molecule has 0 amide bonds. The second-order valence-electron chi connectivity index (χ2n) is 8.80. The van der Waals surface area contributed by atoms with Gasteiger partial charge in [0.05, 0.1) is 31.7 Å². The van der Waals surface area contributed by atoms with E-state index in [1.165, 1.54) is 0 Å². The van der Waals surface area contributed by atoms with E-state index in [1.54, 1.807) is 6.07 Å². The SMILES string of the molecule is Cc1ccc2c(c1)C(=O)CC1(CCN(CC(=O)c3ccc4c(c3)OCCCO4)CC1)O2. The molecule has 162 valence electrons. The molecule has 31 heavy (non-hydrogen) atoms. The maximum atomic E-state index is 12.9. The third-order valence-corrected chi connectivity index (χ3v) is 6.45. The lowest BCUT2D eigenvalue weighted by Gasteiger charge is -2.43. The fourth-order valence-electron chi connectivity index (χ4n) is 4.64. The van der Waals surface area contributed by atoms with Gasteiger partial charge in [0, 0.05) is 37.9 Å². The molecule has 0 aromatic heterocycles. The molecule has 0 radical (unpaired) electrons. The van der Waals surface area contributed by atoms with Gasteiger partial charge in [-0.3, -0.25) is 14.5 Å². The topological polar surface area (TPSA) is 65.1 Å². The Hall–Kier alpha value is -2.86. The Morgan fingerprint density at radius 3 is 2.55 bits per heavy atom. The van der Waals surface area contributed by atoms with Crippen molar-refractivity contribution in [1.29, 1.82) is 0 Å². The molecule has 1 saturated heterocycles. The molecule has 1 fully saturated rings. The first kappa shape index (κ1) is 20.1. The lowest BCUT2D eigenvalue weighted by Crippen LogP contribution is -2.51. The van der Waals surface area contributed by atoms with Gasteiger partial charge in [0.2, 0.25) is 0 Å². The number of rotatable bonds is 3. The van der Waals surface area contributed by atoms with Gasteiger partial charge in [-0.2, -0.15) is 0 Å². The summed E-state index contributed by atoms with van der Waals surface area (Å²) in [5.74, 6) is 2.25. The van der Waals surface area contributed by atoms with Gasteiger partial charge in [0.25, 0.3) is 0 Å². The Labute approximate surface area is 182 Å². The van der Waals surface area contributed by atoms with Gasteiger partial charge in [-0.15, -0.1) is 0 Å². The molecule has 5 rings (SSSR count). The van der Waals surface area contributed by atoms with E-state index in [4.69, 9.17) is 14.2 Å². The van der Waals surface area contributed by atoms with E-state index in [1.807, 2.05) is 37.3 Å². The number of hydrogen-bond donors (Lipinski definition) is 0. The highest BCUT2D eigenvalue weighted by molar-refractivity contribution is 6.00. The summed E-state index contributed by atoms with van der Waals surface area (Å²) in [6.45, 7) is 5.01. The largest absolute Gasteiger partial charge is 0.490 e. The quantitative estimate of drug-likeness (QED) is 0.702. The number of carbonyl (C=O) groups excluding carboxylic acids is 2. The number of ether oxygens (including phenoxy) is 3. The smallest absolute Gasteiger partial charge is 0.176 e. The lowest BCUT2D eigenvalue weighted by atomic mass is 9.82. The Kier molecular flexibility index (Phi) is 5.18. The van der Waals surface area contributed by atoms with Crippen LogP contribution >= 0.6 is 0 Å². The molecule has 0 bridgehead atoms. The van der Waals surface area contributed by atoms with E-state index in [9.17, 15) is 9.59 Å². The summed E-state index contributed by atoms with van der Waals surface area (Å²) in [5.41, 5.74) is 1.94. The van der Waals surface area contributed by atoms with Gasteiger partial charge in [-0.05, 0) is 37.3 Å². The number of nitrogens with zero attached hydrogens (tertiary/aromatic N) is 1. The fraction of sp³-hybridized carbons (Fsp3) is 0.440. The van der Waals surface area contributed by atoms with Crippen LogP contribution in [0.1, 0.15) is 52.0 Å². The molecule has 6 heteroatoms. The first-order valence-corrected chi connectivity index (χ1v) is 11.0. The van der Waals surface area contributed by atoms with Gasteiger partial charge in [0.1, 0.15) is 11.4 Å². The monoisotopic (exact) mass is 421 g/mol. The number of hydrogen-bond acceptors (Lipinski definition) is 6. The summed E-state index contributed by atoms with van der Waals surface area (Å²) >= 11 is 0. The summed E-state index contributed by atoms with van der Waals surface area (Å²) in [5, 5.41) is 0. The van der Waals surface area contributed by atoms with E-state index >= 15 is 0 Å². The van der Waals surface area contributed by atoms with Crippen molar-refractivity contribution < 1.29 is 23.8 Å². The van der Waals surface area contributed by atoms with Crippen LogP contribution in [0.2, 0.25) is 0 Å². The summed E-state index contributed by atoms with van der Waals surface area (Å²) < 4.78 is 17.7.